The van der Waals surface area contributed by atoms with Crippen molar-refractivity contribution in [2.45, 2.75) is 18.7 Å². The number of rotatable bonds is 4. The number of benzene rings is 1. The summed E-state index contributed by atoms with van der Waals surface area (Å²) in [4.78, 5) is 10.7. The van der Waals surface area contributed by atoms with Gasteiger partial charge in [0.15, 0.2) is 9.84 Å². The van der Waals surface area contributed by atoms with Gasteiger partial charge in [-0.15, -0.1) is 0 Å². The molecule has 0 saturated heterocycles. The second-order valence-electron chi connectivity index (χ2n) is 3.47. The predicted molar refractivity (Wildman–Crippen MR) is 59.9 cm³/mol. The number of carbonyl (C=O) groups is 1. The smallest absolute Gasteiger partial charge is 0.302 e. The van der Waals surface area contributed by atoms with E-state index < -0.39 is 15.8 Å². The molecule has 0 atom stereocenters. The van der Waals surface area contributed by atoms with E-state index in [1.165, 1.54) is 6.92 Å². The summed E-state index contributed by atoms with van der Waals surface area (Å²) < 4.78 is 28.1. The van der Waals surface area contributed by atoms with Gasteiger partial charge in [-0.1, -0.05) is 17.7 Å². The van der Waals surface area contributed by atoms with Crippen molar-refractivity contribution in [3.8, 4) is 0 Å². The van der Waals surface area contributed by atoms with E-state index in [4.69, 9.17) is 0 Å². The highest BCUT2D eigenvalue weighted by atomic mass is 32.2. The molecule has 1 rings (SSSR count). The molecule has 0 aliphatic carbocycles. The Balaban J connectivity index is 2.71. The van der Waals surface area contributed by atoms with Gasteiger partial charge in [0.2, 0.25) is 0 Å². The minimum Gasteiger partial charge on any atom is -0.465 e. The van der Waals surface area contributed by atoms with Crippen LogP contribution in [0.2, 0.25) is 0 Å². The zero-order valence-electron chi connectivity index (χ0n) is 9.26. The molecule has 0 spiro atoms. The van der Waals surface area contributed by atoms with Gasteiger partial charge in [-0.3, -0.25) is 4.79 Å². The predicted octanol–water partition coefficient (Wildman–Crippen LogP) is 1.33. The summed E-state index contributed by atoms with van der Waals surface area (Å²) in [7, 11) is -3.35. The zero-order chi connectivity index (χ0) is 12.2. The number of hydrogen-bond acceptors (Lipinski definition) is 4. The molecule has 0 radical (unpaired) electrons. The Labute approximate surface area is 95.2 Å². The Morgan fingerprint density at radius 1 is 1.25 bits per heavy atom. The van der Waals surface area contributed by atoms with Gasteiger partial charge in [0.25, 0.3) is 0 Å². The highest BCUT2D eigenvalue weighted by molar-refractivity contribution is 7.91. The third kappa shape index (κ3) is 3.66. The maximum absolute atomic E-state index is 11.7. The van der Waals surface area contributed by atoms with Gasteiger partial charge in [-0.2, -0.15) is 0 Å². The molecule has 0 amide bonds. The van der Waals surface area contributed by atoms with Gasteiger partial charge in [0, 0.05) is 6.92 Å². The van der Waals surface area contributed by atoms with Gasteiger partial charge in [-0.25, -0.2) is 8.42 Å². The lowest BCUT2D eigenvalue weighted by Gasteiger charge is -2.04. The maximum Gasteiger partial charge on any atom is 0.302 e. The topological polar surface area (TPSA) is 60.4 Å². The van der Waals surface area contributed by atoms with Crippen LogP contribution in [0.3, 0.4) is 0 Å². The first-order valence-electron chi connectivity index (χ1n) is 4.84. The van der Waals surface area contributed by atoms with Crippen LogP contribution in [0.1, 0.15) is 12.5 Å². The molecule has 5 heteroatoms. The Kier molecular flexibility index (Phi) is 4.06. The van der Waals surface area contributed by atoms with Gasteiger partial charge < -0.3 is 4.74 Å². The number of carbonyl (C=O) groups excluding carboxylic acids is 1. The van der Waals surface area contributed by atoms with E-state index in [9.17, 15) is 13.2 Å². The first-order valence-corrected chi connectivity index (χ1v) is 6.50. The summed E-state index contributed by atoms with van der Waals surface area (Å²) >= 11 is 0. The summed E-state index contributed by atoms with van der Waals surface area (Å²) in [6, 6.07) is 6.58. The van der Waals surface area contributed by atoms with Crippen molar-refractivity contribution in [2.75, 3.05) is 12.4 Å². The van der Waals surface area contributed by atoms with Crippen LogP contribution in [-0.2, 0) is 19.4 Å². The molecule has 0 aliphatic rings. The van der Waals surface area contributed by atoms with Crippen molar-refractivity contribution < 1.29 is 17.9 Å². The molecule has 0 saturated carbocycles. The lowest BCUT2D eigenvalue weighted by atomic mass is 10.2. The minimum absolute atomic E-state index is 0.106. The van der Waals surface area contributed by atoms with Crippen molar-refractivity contribution in [2.24, 2.45) is 0 Å². The molecule has 0 heterocycles. The van der Waals surface area contributed by atoms with Crippen molar-refractivity contribution >= 4 is 15.8 Å². The Hall–Kier alpha value is -1.36. The second-order valence-corrected chi connectivity index (χ2v) is 5.58. The van der Waals surface area contributed by atoms with Crippen LogP contribution in [0, 0.1) is 6.92 Å². The van der Waals surface area contributed by atoms with E-state index in [0.29, 0.717) is 0 Å². The summed E-state index contributed by atoms with van der Waals surface area (Å²) in [6.45, 7) is 3.03. The van der Waals surface area contributed by atoms with Crippen molar-refractivity contribution in [1.82, 2.24) is 0 Å². The van der Waals surface area contributed by atoms with Gasteiger partial charge in [0.1, 0.15) is 6.61 Å². The van der Waals surface area contributed by atoms with E-state index >= 15 is 0 Å². The molecule has 0 N–H and O–H groups in total. The van der Waals surface area contributed by atoms with E-state index in [0.717, 1.165) is 5.56 Å². The van der Waals surface area contributed by atoms with Crippen LogP contribution in [0.15, 0.2) is 29.2 Å². The molecule has 0 aromatic heterocycles. The number of sulfone groups is 1. The van der Waals surface area contributed by atoms with E-state index in [1.807, 2.05) is 6.92 Å². The largest absolute Gasteiger partial charge is 0.465 e. The third-order valence-electron chi connectivity index (χ3n) is 2.04. The van der Waals surface area contributed by atoms with Crippen LogP contribution in [0.4, 0.5) is 0 Å². The van der Waals surface area contributed by atoms with E-state index in [2.05, 4.69) is 4.74 Å². The lowest BCUT2D eigenvalue weighted by molar-refractivity contribution is -0.140. The molecular weight excluding hydrogens is 228 g/mol. The van der Waals surface area contributed by atoms with E-state index in [-0.39, 0.29) is 17.3 Å². The van der Waals surface area contributed by atoms with Crippen LogP contribution >= 0.6 is 0 Å². The first kappa shape index (κ1) is 12.7. The highest BCUT2D eigenvalue weighted by Crippen LogP contribution is 2.11. The average Bonchev–Trinajstić information content (AvgIpc) is 2.17. The normalized spacial score (nSPS) is 11.1. The van der Waals surface area contributed by atoms with Gasteiger partial charge in [0.05, 0.1) is 10.6 Å². The Morgan fingerprint density at radius 2 is 1.81 bits per heavy atom. The van der Waals surface area contributed by atoms with Crippen LogP contribution in [-0.4, -0.2) is 26.7 Å². The highest BCUT2D eigenvalue weighted by Gasteiger charge is 2.14. The standard InChI is InChI=1S/C11H14O4S/c1-9-3-5-11(6-4-9)16(13,14)8-7-15-10(2)12/h3-6H,7-8H2,1-2H3. The van der Waals surface area contributed by atoms with Crippen LogP contribution in [0.25, 0.3) is 0 Å². The summed E-state index contributed by atoms with van der Waals surface area (Å²) in [5.41, 5.74) is 0.999. The molecule has 0 fully saturated rings. The van der Waals surface area contributed by atoms with Crippen molar-refractivity contribution in [1.29, 1.82) is 0 Å². The molecule has 0 unspecified atom stereocenters. The molecule has 88 valence electrons. The average molecular weight is 242 g/mol. The summed E-state index contributed by atoms with van der Waals surface area (Å²) in [5.74, 6) is -0.658. The Morgan fingerprint density at radius 3 is 2.31 bits per heavy atom. The number of hydrogen-bond donors (Lipinski definition) is 0. The quantitative estimate of drug-likeness (QED) is 0.747. The van der Waals surface area contributed by atoms with Crippen molar-refractivity contribution in [3.63, 3.8) is 0 Å². The minimum atomic E-state index is -3.35. The molecule has 1 aromatic carbocycles. The molecule has 1 aromatic rings. The molecule has 16 heavy (non-hydrogen) atoms. The van der Waals surface area contributed by atoms with Crippen molar-refractivity contribution in [3.05, 3.63) is 29.8 Å². The van der Waals surface area contributed by atoms with Gasteiger partial charge >= 0.3 is 5.97 Å². The fourth-order valence-corrected chi connectivity index (χ4v) is 2.25. The summed E-state index contributed by atoms with van der Waals surface area (Å²) in [5, 5.41) is 0. The van der Waals surface area contributed by atoms with E-state index in [1.54, 1.807) is 24.3 Å². The molecule has 0 aliphatic heterocycles. The third-order valence-corrected chi connectivity index (χ3v) is 3.73. The first-order chi connectivity index (χ1) is 7.42. The molecule has 4 nitrogen and oxygen atoms in total. The number of ether oxygens (including phenoxy) is 1. The second kappa shape index (κ2) is 5.12. The lowest BCUT2D eigenvalue weighted by Crippen LogP contribution is -2.14. The Bertz CT molecular complexity index is 459. The maximum atomic E-state index is 11.7. The zero-order valence-corrected chi connectivity index (χ0v) is 10.1. The molecular formula is C11H14O4S. The fraction of sp³-hybridized carbons (Fsp3) is 0.364. The molecule has 0 bridgehead atoms. The fourth-order valence-electron chi connectivity index (χ4n) is 1.16. The van der Waals surface area contributed by atoms with Crippen LogP contribution in [0.5, 0.6) is 0 Å². The monoisotopic (exact) mass is 242 g/mol. The van der Waals surface area contributed by atoms with Gasteiger partial charge in [-0.05, 0) is 19.1 Å². The SMILES string of the molecule is CC(=O)OCCS(=O)(=O)c1ccc(C)cc1. The number of aryl methyl sites for hydroxylation is 1. The summed E-state index contributed by atoms with van der Waals surface area (Å²) in [6.07, 6.45) is 0. The van der Waals surface area contributed by atoms with Crippen LogP contribution < -0.4 is 0 Å². The number of esters is 1.